The predicted octanol–water partition coefficient (Wildman–Crippen LogP) is 13.7. The second kappa shape index (κ2) is 11.8. The van der Waals surface area contributed by atoms with Crippen LogP contribution < -0.4 is 5.19 Å². The van der Waals surface area contributed by atoms with Gasteiger partial charge in [-0.25, -0.2) is 4.98 Å². The van der Waals surface area contributed by atoms with E-state index in [1.807, 2.05) is 0 Å². The summed E-state index contributed by atoms with van der Waals surface area (Å²) >= 11 is 0. The molecule has 60 heavy (non-hydrogen) atoms. The van der Waals surface area contributed by atoms with E-state index in [9.17, 15) is 0 Å². The normalized spacial score (nSPS) is 14.9. The molecule has 0 unspecified atom stereocenters. The first kappa shape index (κ1) is 34.0. The van der Waals surface area contributed by atoms with E-state index in [2.05, 4.69) is 210 Å². The number of hydrogen-bond acceptors (Lipinski definition) is 1. The van der Waals surface area contributed by atoms with Crippen LogP contribution in [0.25, 0.3) is 106 Å². The summed E-state index contributed by atoms with van der Waals surface area (Å²) in [6.45, 7) is 10.2. The van der Waals surface area contributed by atoms with Crippen molar-refractivity contribution < 1.29 is 0 Å². The van der Waals surface area contributed by atoms with Gasteiger partial charge in [0, 0.05) is 16.5 Å². The summed E-state index contributed by atoms with van der Waals surface area (Å²) in [5.74, 6) is 0.925. The Morgan fingerprint density at radius 1 is 0.483 bits per heavy atom. The maximum absolute atomic E-state index is 5.22. The highest BCUT2D eigenvalue weighted by Crippen LogP contribution is 2.53. The first-order valence-corrected chi connectivity index (χ1v) is 24.4. The molecule has 0 saturated heterocycles. The lowest BCUT2D eigenvalue weighted by Crippen LogP contribution is -2.40. The predicted molar refractivity (Wildman–Crippen MR) is 254 cm³/mol. The van der Waals surface area contributed by atoms with Crippen LogP contribution in [-0.4, -0.2) is 26.6 Å². The molecular weight excluding hydrogens is 745 g/mol. The summed E-state index contributed by atoms with van der Waals surface area (Å²) in [5.41, 5.74) is 21.3. The van der Waals surface area contributed by atoms with Gasteiger partial charge in [0.15, 0.2) is 0 Å². The molecule has 0 N–H and O–H groups in total. The van der Waals surface area contributed by atoms with Crippen LogP contribution in [0, 0.1) is 0 Å². The van der Waals surface area contributed by atoms with Crippen LogP contribution in [0.5, 0.6) is 0 Å². The molecule has 0 radical (unpaired) electrons. The zero-order valence-electron chi connectivity index (χ0n) is 34.2. The molecule has 1 aliphatic carbocycles. The van der Waals surface area contributed by atoms with E-state index in [0.717, 1.165) is 33.5 Å². The molecule has 3 aromatic heterocycles. The minimum Gasteiger partial charge on any atom is -0.309 e. The third-order valence-corrected chi connectivity index (χ3v) is 17.3. The molecule has 0 spiro atoms. The fourth-order valence-electron chi connectivity index (χ4n) is 11.8. The molecule has 286 valence electrons. The molecule has 13 rings (SSSR count). The van der Waals surface area contributed by atoms with E-state index in [1.54, 1.807) is 5.19 Å². The number of nitrogens with zero attached hydrogens (tertiary/aromatic N) is 4. The van der Waals surface area contributed by atoms with Crippen LogP contribution in [0.2, 0.25) is 19.1 Å². The first-order valence-electron chi connectivity index (χ1n) is 21.2. The van der Waals surface area contributed by atoms with Gasteiger partial charge in [-0.15, -0.1) is 0 Å². The highest BCUT2D eigenvalue weighted by Gasteiger charge is 2.48. The van der Waals surface area contributed by atoms with E-state index in [0.29, 0.717) is 0 Å². The van der Waals surface area contributed by atoms with Gasteiger partial charge in [0.2, 0.25) is 5.78 Å². The highest BCUT2D eigenvalue weighted by molar-refractivity contribution is 6.92. The molecule has 4 nitrogen and oxygen atoms in total. The van der Waals surface area contributed by atoms with Gasteiger partial charge in [-0.2, -0.15) is 0 Å². The quantitative estimate of drug-likeness (QED) is 0.160. The van der Waals surface area contributed by atoms with Crippen LogP contribution in [-0.2, 0) is 5.41 Å². The number of imidazole rings is 2. The van der Waals surface area contributed by atoms with Gasteiger partial charge in [0.05, 0.1) is 46.9 Å². The molecule has 5 heteroatoms. The van der Waals surface area contributed by atoms with Gasteiger partial charge < -0.3 is 4.57 Å². The van der Waals surface area contributed by atoms with Crippen LogP contribution in [0.1, 0.15) is 19.4 Å². The van der Waals surface area contributed by atoms with Gasteiger partial charge in [-0.1, -0.05) is 142 Å². The van der Waals surface area contributed by atoms with E-state index in [4.69, 9.17) is 4.98 Å². The lowest BCUT2D eigenvalue weighted by molar-refractivity contribution is 0.596. The first-order chi connectivity index (χ1) is 29.3. The zero-order valence-corrected chi connectivity index (χ0v) is 35.2. The van der Waals surface area contributed by atoms with Crippen molar-refractivity contribution >= 4 is 62.9 Å². The summed E-state index contributed by atoms with van der Waals surface area (Å²) in [6.07, 6.45) is 0. The standard InChI is InChI=1S/C55H42N4Si/c1-55(2)33-60(3,4)53-51-41-23-10-9-20-38(41)36-18-6-5-17-35(36)37-19-7-8-21-39(37)43(51)32-50(52(53)55)58-45-25-13-11-22-40(45)42-31-34(29-30-46(42)58)57-48-27-15-16-28-49(48)59-47-26-14-12-24-44(47)56-54(57)59/h5-32H,33H2,1-4H3. The fraction of sp³-hybridized carbons (Fsp3) is 0.109. The Bertz CT molecular complexity index is 3650. The van der Waals surface area contributed by atoms with Crippen molar-refractivity contribution in [1.82, 2.24) is 18.5 Å². The maximum Gasteiger partial charge on any atom is 0.220 e. The van der Waals surface area contributed by atoms with Gasteiger partial charge in [-0.3, -0.25) is 8.97 Å². The number of rotatable bonds is 2. The van der Waals surface area contributed by atoms with Crippen molar-refractivity contribution in [1.29, 1.82) is 0 Å². The Balaban J connectivity index is 1.15. The largest absolute Gasteiger partial charge is 0.309 e. The van der Waals surface area contributed by atoms with Crippen molar-refractivity contribution in [3.8, 4) is 55.9 Å². The van der Waals surface area contributed by atoms with Crippen molar-refractivity contribution in [2.45, 2.75) is 38.4 Å². The molecule has 1 aliphatic heterocycles. The van der Waals surface area contributed by atoms with Gasteiger partial charge in [0.1, 0.15) is 0 Å². The number of para-hydroxylation sites is 5. The second-order valence-corrected chi connectivity index (χ2v) is 22.9. The SMILES string of the molecule is CC1(C)C[Si](C)(C)c2c3c(cc(-n4c5ccccc5c5cc(-n6c7ccccc7n7c8ccccc8nc67)ccc54)c21)-c1ccccc1-c1ccccc1-c1ccccc1-3. The second-order valence-electron chi connectivity index (χ2n) is 18.3. The Morgan fingerprint density at radius 2 is 1.02 bits per heavy atom. The summed E-state index contributed by atoms with van der Waals surface area (Å²) in [6, 6.07) is 64.4. The molecule has 4 heterocycles. The average Bonchev–Trinajstić information content (AvgIpc) is 3.96. The summed E-state index contributed by atoms with van der Waals surface area (Å²) in [4.78, 5) is 5.22. The lowest BCUT2D eigenvalue weighted by Gasteiger charge is -2.31. The van der Waals surface area contributed by atoms with Gasteiger partial charge in [0.25, 0.3) is 0 Å². The smallest absolute Gasteiger partial charge is 0.220 e. The van der Waals surface area contributed by atoms with Gasteiger partial charge >= 0.3 is 0 Å². The minimum atomic E-state index is -2.01. The van der Waals surface area contributed by atoms with Crippen LogP contribution in [0.3, 0.4) is 0 Å². The van der Waals surface area contributed by atoms with Gasteiger partial charge in [-0.05, 0) is 121 Å². The maximum atomic E-state index is 5.22. The summed E-state index contributed by atoms with van der Waals surface area (Å²) in [5, 5.41) is 4.10. The molecule has 0 amide bonds. The van der Waals surface area contributed by atoms with E-state index in [1.165, 1.54) is 83.6 Å². The molecule has 2 aliphatic rings. The Hall–Kier alpha value is -6.95. The fourth-order valence-corrected chi connectivity index (χ4v) is 16.4. The van der Waals surface area contributed by atoms with Crippen molar-refractivity contribution in [2.75, 3.05) is 0 Å². The van der Waals surface area contributed by atoms with E-state index >= 15 is 0 Å². The number of fused-ring (bicyclic) bond motifs is 18. The number of hydrogen-bond donors (Lipinski definition) is 0. The highest BCUT2D eigenvalue weighted by atomic mass is 28.3. The third kappa shape index (κ3) is 4.42. The molecule has 11 aromatic rings. The molecule has 0 fully saturated rings. The molecule has 0 bridgehead atoms. The van der Waals surface area contributed by atoms with Crippen molar-refractivity contribution in [3.05, 3.63) is 175 Å². The minimum absolute atomic E-state index is 0.0276. The average molecular weight is 787 g/mol. The monoisotopic (exact) mass is 786 g/mol. The summed E-state index contributed by atoms with van der Waals surface area (Å²) in [7, 11) is -2.01. The molecular formula is C55H42N4Si. The van der Waals surface area contributed by atoms with E-state index in [-0.39, 0.29) is 5.41 Å². The van der Waals surface area contributed by atoms with Crippen LogP contribution in [0.4, 0.5) is 0 Å². The Labute approximate surface area is 349 Å². The van der Waals surface area contributed by atoms with Crippen molar-refractivity contribution in [3.63, 3.8) is 0 Å². The summed E-state index contributed by atoms with van der Waals surface area (Å²) < 4.78 is 7.26. The molecule has 0 saturated carbocycles. The topological polar surface area (TPSA) is 27.2 Å². The van der Waals surface area contributed by atoms with Crippen LogP contribution >= 0.6 is 0 Å². The number of aromatic nitrogens is 4. The molecule has 8 aromatic carbocycles. The van der Waals surface area contributed by atoms with E-state index < -0.39 is 8.07 Å². The lowest BCUT2D eigenvalue weighted by atomic mass is 9.77. The zero-order chi connectivity index (χ0) is 40.1. The van der Waals surface area contributed by atoms with Crippen molar-refractivity contribution in [2.24, 2.45) is 0 Å². The third-order valence-electron chi connectivity index (χ3n) is 13.7. The Morgan fingerprint density at radius 3 is 1.72 bits per heavy atom. The Kier molecular flexibility index (Phi) is 6.70. The number of benzene rings is 8. The van der Waals surface area contributed by atoms with Crippen LogP contribution in [0.15, 0.2) is 170 Å². The molecule has 0 atom stereocenters.